The minimum atomic E-state index is -0.953. The largest absolute Gasteiger partial charge is 0.480 e. The molecule has 1 aliphatic rings. The molecule has 96 valence electrons. The molecule has 1 amide bonds. The highest BCUT2D eigenvalue weighted by atomic mass is 32.2. The van der Waals surface area contributed by atoms with E-state index in [1.165, 1.54) is 16.7 Å². The molecule has 5 nitrogen and oxygen atoms in total. The van der Waals surface area contributed by atoms with Crippen LogP contribution in [0, 0.1) is 13.8 Å². The fourth-order valence-electron chi connectivity index (χ4n) is 1.91. The first-order chi connectivity index (χ1) is 8.50. The average Bonchev–Trinajstić information content (AvgIpc) is 2.77. The Morgan fingerprint density at radius 1 is 1.44 bits per heavy atom. The Labute approximate surface area is 109 Å². The van der Waals surface area contributed by atoms with Crippen LogP contribution in [0.25, 0.3) is 0 Å². The van der Waals surface area contributed by atoms with E-state index in [1.54, 1.807) is 19.1 Å². The molecule has 1 aromatic rings. The highest BCUT2D eigenvalue weighted by Crippen LogP contribution is 2.24. The Hall–Kier alpha value is -1.56. The van der Waals surface area contributed by atoms with Crippen LogP contribution < -0.4 is 0 Å². The normalized spacial score (nSPS) is 19.0. The summed E-state index contributed by atoms with van der Waals surface area (Å²) in [7, 11) is 0. The lowest BCUT2D eigenvalue weighted by molar-refractivity contribution is -0.140. The van der Waals surface area contributed by atoms with Gasteiger partial charge in [0.25, 0.3) is 5.91 Å². The van der Waals surface area contributed by atoms with Gasteiger partial charge in [-0.15, -0.1) is 11.8 Å². The summed E-state index contributed by atoms with van der Waals surface area (Å²) in [4.78, 5) is 29.0. The molecule has 2 heterocycles. The number of pyridine rings is 1. The zero-order chi connectivity index (χ0) is 13.3. The number of carbonyl (C=O) groups is 2. The predicted molar refractivity (Wildman–Crippen MR) is 68.6 cm³/mol. The van der Waals surface area contributed by atoms with Crippen molar-refractivity contribution >= 4 is 23.6 Å². The SMILES string of the molecule is Cc1ccc(C(=O)N2CSCC2C(=O)O)c(C)n1. The number of carbonyl (C=O) groups excluding carboxylic acids is 1. The zero-order valence-electron chi connectivity index (χ0n) is 10.2. The van der Waals surface area contributed by atoms with E-state index in [-0.39, 0.29) is 5.91 Å². The first kappa shape index (κ1) is 12.9. The number of rotatable bonds is 2. The lowest BCUT2D eigenvalue weighted by Crippen LogP contribution is -2.42. The lowest BCUT2D eigenvalue weighted by Gasteiger charge is -2.21. The summed E-state index contributed by atoms with van der Waals surface area (Å²) in [5.74, 6) is -0.341. The van der Waals surface area contributed by atoms with E-state index < -0.39 is 12.0 Å². The van der Waals surface area contributed by atoms with Crippen LogP contribution in [0.15, 0.2) is 12.1 Å². The van der Waals surface area contributed by atoms with E-state index in [0.717, 1.165) is 5.69 Å². The van der Waals surface area contributed by atoms with Gasteiger partial charge in [-0.25, -0.2) is 4.79 Å². The lowest BCUT2D eigenvalue weighted by atomic mass is 10.1. The highest BCUT2D eigenvalue weighted by Gasteiger charge is 2.35. The fraction of sp³-hybridized carbons (Fsp3) is 0.417. The van der Waals surface area contributed by atoms with Gasteiger partial charge in [-0.1, -0.05) is 0 Å². The van der Waals surface area contributed by atoms with Gasteiger partial charge in [0.15, 0.2) is 0 Å². The van der Waals surface area contributed by atoms with Crippen molar-refractivity contribution in [3.05, 3.63) is 29.1 Å². The Balaban J connectivity index is 2.28. The zero-order valence-corrected chi connectivity index (χ0v) is 11.0. The summed E-state index contributed by atoms with van der Waals surface area (Å²) in [6.45, 7) is 3.62. The Kier molecular flexibility index (Phi) is 3.56. The molecule has 1 saturated heterocycles. The monoisotopic (exact) mass is 266 g/mol. The van der Waals surface area contributed by atoms with Crippen molar-refractivity contribution in [2.75, 3.05) is 11.6 Å². The van der Waals surface area contributed by atoms with E-state index in [1.807, 2.05) is 6.92 Å². The van der Waals surface area contributed by atoms with E-state index in [4.69, 9.17) is 5.11 Å². The maximum atomic E-state index is 12.3. The Bertz CT molecular complexity index is 504. The number of thioether (sulfide) groups is 1. The van der Waals surface area contributed by atoms with Gasteiger partial charge in [0, 0.05) is 11.4 Å². The topological polar surface area (TPSA) is 70.5 Å². The van der Waals surface area contributed by atoms with Crippen molar-refractivity contribution < 1.29 is 14.7 Å². The number of nitrogens with zero attached hydrogens (tertiary/aromatic N) is 2. The first-order valence-corrected chi connectivity index (χ1v) is 6.72. The van der Waals surface area contributed by atoms with Gasteiger partial charge in [0.05, 0.1) is 17.1 Å². The standard InChI is InChI=1S/C12H14N2O3S/c1-7-3-4-9(8(2)13-7)11(15)14-6-18-5-10(14)12(16)17/h3-4,10H,5-6H2,1-2H3,(H,16,17). The van der Waals surface area contributed by atoms with Crippen LogP contribution in [-0.2, 0) is 4.79 Å². The maximum absolute atomic E-state index is 12.3. The van der Waals surface area contributed by atoms with E-state index in [2.05, 4.69) is 4.98 Å². The number of hydrogen-bond donors (Lipinski definition) is 1. The van der Waals surface area contributed by atoms with Crippen molar-refractivity contribution in [2.24, 2.45) is 0 Å². The molecule has 0 bridgehead atoms. The summed E-state index contributed by atoms with van der Waals surface area (Å²) in [5.41, 5.74) is 1.96. The smallest absolute Gasteiger partial charge is 0.327 e. The number of hydrogen-bond acceptors (Lipinski definition) is 4. The van der Waals surface area contributed by atoms with Crippen molar-refractivity contribution in [1.82, 2.24) is 9.88 Å². The van der Waals surface area contributed by atoms with Crippen molar-refractivity contribution in [3.63, 3.8) is 0 Å². The van der Waals surface area contributed by atoms with Gasteiger partial charge >= 0.3 is 5.97 Å². The number of amides is 1. The summed E-state index contributed by atoms with van der Waals surface area (Å²) >= 11 is 1.45. The van der Waals surface area contributed by atoms with Gasteiger partial charge in [0.1, 0.15) is 6.04 Å². The predicted octanol–water partition coefficient (Wildman–Crippen LogP) is 1.30. The molecule has 1 aromatic heterocycles. The van der Waals surface area contributed by atoms with Gasteiger partial charge < -0.3 is 10.0 Å². The molecular formula is C12H14N2O3S. The van der Waals surface area contributed by atoms with E-state index in [9.17, 15) is 9.59 Å². The van der Waals surface area contributed by atoms with Crippen molar-refractivity contribution in [3.8, 4) is 0 Å². The van der Waals surface area contributed by atoms with Crippen LogP contribution >= 0.6 is 11.8 Å². The average molecular weight is 266 g/mol. The molecule has 2 rings (SSSR count). The minimum absolute atomic E-state index is 0.252. The second-order valence-corrected chi connectivity index (χ2v) is 5.21. The van der Waals surface area contributed by atoms with Gasteiger partial charge in [-0.3, -0.25) is 9.78 Å². The molecule has 0 saturated carbocycles. The number of aromatic nitrogens is 1. The molecule has 1 atom stereocenters. The number of aliphatic carboxylic acids is 1. The molecular weight excluding hydrogens is 252 g/mol. The van der Waals surface area contributed by atoms with Crippen LogP contribution in [0.5, 0.6) is 0 Å². The molecule has 0 aliphatic carbocycles. The summed E-state index contributed by atoms with van der Waals surface area (Å²) in [6.07, 6.45) is 0. The Morgan fingerprint density at radius 2 is 2.17 bits per heavy atom. The third kappa shape index (κ3) is 2.33. The maximum Gasteiger partial charge on any atom is 0.327 e. The Morgan fingerprint density at radius 3 is 2.78 bits per heavy atom. The molecule has 1 fully saturated rings. The highest BCUT2D eigenvalue weighted by molar-refractivity contribution is 7.99. The number of aryl methyl sites for hydroxylation is 2. The van der Waals surface area contributed by atoms with Crippen LogP contribution in [0.4, 0.5) is 0 Å². The summed E-state index contributed by atoms with van der Waals surface area (Å²) in [6, 6.07) is 2.74. The second-order valence-electron chi connectivity index (χ2n) is 4.21. The molecule has 0 spiro atoms. The van der Waals surface area contributed by atoms with Crippen LogP contribution in [-0.4, -0.2) is 44.5 Å². The molecule has 0 radical (unpaired) electrons. The third-order valence-electron chi connectivity index (χ3n) is 2.88. The first-order valence-electron chi connectivity index (χ1n) is 5.56. The fourth-order valence-corrected chi connectivity index (χ4v) is 3.06. The van der Waals surface area contributed by atoms with E-state index >= 15 is 0 Å². The summed E-state index contributed by atoms with van der Waals surface area (Å²) < 4.78 is 0. The van der Waals surface area contributed by atoms with Crippen LogP contribution in [0.2, 0.25) is 0 Å². The quantitative estimate of drug-likeness (QED) is 0.873. The molecule has 18 heavy (non-hydrogen) atoms. The number of carboxylic acid groups (broad SMARTS) is 1. The van der Waals surface area contributed by atoms with E-state index in [0.29, 0.717) is 22.9 Å². The van der Waals surface area contributed by atoms with Gasteiger partial charge in [-0.05, 0) is 26.0 Å². The van der Waals surface area contributed by atoms with Crippen LogP contribution in [0.1, 0.15) is 21.7 Å². The minimum Gasteiger partial charge on any atom is -0.480 e. The molecule has 1 N–H and O–H groups in total. The van der Waals surface area contributed by atoms with Gasteiger partial charge in [-0.2, -0.15) is 0 Å². The molecule has 1 unspecified atom stereocenters. The van der Waals surface area contributed by atoms with Gasteiger partial charge in [0.2, 0.25) is 0 Å². The van der Waals surface area contributed by atoms with Crippen molar-refractivity contribution in [1.29, 1.82) is 0 Å². The molecule has 1 aliphatic heterocycles. The second kappa shape index (κ2) is 4.97. The summed E-state index contributed by atoms with van der Waals surface area (Å²) in [5, 5.41) is 9.07. The molecule has 6 heteroatoms. The van der Waals surface area contributed by atoms with Crippen LogP contribution in [0.3, 0.4) is 0 Å². The molecule has 0 aromatic carbocycles. The third-order valence-corrected chi connectivity index (χ3v) is 3.90. The number of carboxylic acids is 1. The van der Waals surface area contributed by atoms with Crippen molar-refractivity contribution in [2.45, 2.75) is 19.9 Å².